The smallest absolute Gasteiger partial charge is 0.180 e. The summed E-state index contributed by atoms with van der Waals surface area (Å²) in [7, 11) is 4.11. The number of nitrogens with zero attached hydrogens (tertiary/aromatic N) is 1. The molecule has 0 fully saturated rings. The lowest BCUT2D eigenvalue weighted by molar-refractivity contribution is -0.464. The van der Waals surface area contributed by atoms with E-state index in [-0.39, 0.29) is 5.78 Å². The van der Waals surface area contributed by atoms with Gasteiger partial charge in [-0.1, -0.05) is 0 Å². The maximum atomic E-state index is 11.8. The van der Waals surface area contributed by atoms with E-state index in [0.29, 0.717) is 0 Å². The average molecular weight is 246 g/mol. The van der Waals surface area contributed by atoms with Crippen molar-refractivity contribution in [3.05, 3.63) is 33.4 Å². The minimum atomic E-state index is 0.158. The SMILES string of the molecule is CC(=O)c1c(C)c(C)c(C(C)=[N+](C)C)c(C)c1C. The fourth-order valence-corrected chi connectivity index (χ4v) is 2.61. The highest BCUT2D eigenvalue weighted by molar-refractivity contribution is 6.03. The predicted octanol–water partition coefficient (Wildman–Crippen LogP) is 3.20. The van der Waals surface area contributed by atoms with Crippen molar-refractivity contribution in [3.8, 4) is 0 Å². The van der Waals surface area contributed by atoms with Gasteiger partial charge >= 0.3 is 0 Å². The first-order valence-corrected chi connectivity index (χ1v) is 6.32. The van der Waals surface area contributed by atoms with Crippen LogP contribution in [0.1, 0.15) is 52.0 Å². The zero-order valence-electron chi connectivity index (χ0n) is 12.9. The average Bonchev–Trinajstić information content (AvgIpc) is 2.26. The molecule has 0 unspecified atom stereocenters. The molecular weight excluding hydrogens is 222 g/mol. The number of benzene rings is 1. The maximum absolute atomic E-state index is 11.8. The van der Waals surface area contributed by atoms with Crippen LogP contribution in [0, 0.1) is 27.7 Å². The second-order valence-electron chi connectivity index (χ2n) is 5.29. The topological polar surface area (TPSA) is 20.1 Å². The molecule has 98 valence electrons. The lowest BCUT2D eigenvalue weighted by atomic mass is 9.86. The van der Waals surface area contributed by atoms with Crippen LogP contribution in [0.4, 0.5) is 0 Å². The van der Waals surface area contributed by atoms with Crippen molar-refractivity contribution < 1.29 is 9.37 Å². The van der Waals surface area contributed by atoms with Crippen molar-refractivity contribution in [1.82, 2.24) is 0 Å². The summed E-state index contributed by atoms with van der Waals surface area (Å²) < 4.78 is 2.13. The van der Waals surface area contributed by atoms with Gasteiger partial charge in [-0.3, -0.25) is 4.79 Å². The molecule has 2 heteroatoms. The van der Waals surface area contributed by atoms with Gasteiger partial charge in [0.05, 0.1) is 0 Å². The Morgan fingerprint density at radius 1 is 0.778 bits per heavy atom. The molecule has 0 bridgehead atoms. The van der Waals surface area contributed by atoms with Gasteiger partial charge in [0.2, 0.25) is 0 Å². The zero-order valence-corrected chi connectivity index (χ0v) is 12.9. The molecule has 0 aliphatic carbocycles. The van der Waals surface area contributed by atoms with E-state index in [4.69, 9.17) is 0 Å². The van der Waals surface area contributed by atoms with Gasteiger partial charge < -0.3 is 0 Å². The molecule has 0 amide bonds. The number of Topliss-reactive ketones (excluding diaryl/α,β-unsaturated/α-hetero) is 1. The highest BCUT2D eigenvalue weighted by Crippen LogP contribution is 2.27. The van der Waals surface area contributed by atoms with Gasteiger partial charge in [-0.05, 0) is 56.9 Å². The Morgan fingerprint density at radius 3 is 1.39 bits per heavy atom. The fourth-order valence-electron chi connectivity index (χ4n) is 2.61. The number of carbonyl (C=O) groups is 1. The van der Waals surface area contributed by atoms with Gasteiger partial charge in [0.25, 0.3) is 0 Å². The third kappa shape index (κ3) is 2.24. The van der Waals surface area contributed by atoms with E-state index in [2.05, 4.69) is 39.4 Å². The summed E-state index contributed by atoms with van der Waals surface area (Å²) in [5.41, 5.74) is 8.07. The molecule has 0 spiro atoms. The van der Waals surface area contributed by atoms with E-state index in [1.165, 1.54) is 22.4 Å². The Morgan fingerprint density at radius 2 is 1.11 bits per heavy atom. The molecule has 0 heterocycles. The number of hydrogen-bond donors (Lipinski definition) is 0. The van der Waals surface area contributed by atoms with E-state index in [0.717, 1.165) is 16.7 Å². The van der Waals surface area contributed by atoms with Crippen LogP contribution in [0.25, 0.3) is 0 Å². The van der Waals surface area contributed by atoms with Crippen LogP contribution in [0.2, 0.25) is 0 Å². The van der Waals surface area contributed by atoms with Crippen LogP contribution < -0.4 is 0 Å². The van der Waals surface area contributed by atoms with Gasteiger partial charge in [0.15, 0.2) is 11.5 Å². The Labute approximate surface area is 110 Å². The molecule has 18 heavy (non-hydrogen) atoms. The summed E-state index contributed by atoms with van der Waals surface area (Å²) in [6, 6.07) is 0. The summed E-state index contributed by atoms with van der Waals surface area (Å²) in [6.07, 6.45) is 0. The Hall–Kier alpha value is -1.44. The lowest BCUT2D eigenvalue weighted by Crippen LogP contribution is -2.17. The summed E-state index contributed by atoms with van der Waals surface area (Å²) in [4.78, 5) is 11.8. The van der Waals surface area contributed by atoms with Gasteiger partial charge in [-0.15, -0.1) is 0 Å². The quantitative estimate of drug-likeness (QED) is 0.446. The molecule has 0 aliphatic heterocycles. The lowest BCUT2D eigenvalue weighted by Gasteiger charge is -2.18. The third-order valence-electron chi connectivity index (χ3n) is 4.01. The van der Waals surface area contributed by atoms with Gasteiger partial charge in [0.1, 0.15) is 14.1 Å². The minimum absolute atomic E-state index is 0.158. The van der Waals surface area contributed by atoms with E-state index in [1.54, 1.807) is 6.92 Å². The van der Waals surface area contributed by atoms with E-state index in [9.17, 15) is 4.79 Å². The zero-order chi connectivity index (χ0) is 14.2. The van der Waals surface area contributed by atoms with Crippen molar-refractivity contribution >= 4 is 11.5 Å². The largest absolute Gasteiger partial charge is 0.294 e. The van der Waals surface area contributed by atoms with Crippen molar-refractivity contribution in [2.45, 2.75) is 41.5 Å². The summed E-state index contributed by atoms with van der Waals surface area (Å²) in [5, 5.41) is 0. The molecule has 2 nitrogen and oxygen atoms in total. The van der Waals surface area contributed by atoms with Crippen LogP contribution in [-0.4, -0.2) is 30.2 Å². The molecular formula is C16H24NO+. The highest BCUT2D eigenvalue weighted by Gasteiger charge is 2.21. The van der Waals surface area contributed by atoms with Gasteiger partial charge in [0, 0.05) is 18.1 Å². The van der Waals surface area contributed by atoms with E-state index >= 15 is 0 Å². The van der Waals surface area contributed by atoms with E-state index in [1.807, 2.05) is 13.8 Å². The van der Waals surface area contributed by atoms with E-state index < -0.39 is 0 Å². The van der Waals surface area contributed by atoms with Gasteiger partial charge in [-0.2, -0.15) is 0 Å². The summed E-state index contributed by atoms with van der Waals surface area (Å²) in [5.74, 6) is 0.158. The predicted molar refractivity (Wildman–Crippen MR) is 77.3 cm³/mol. The van der Waals surface area contributed by atoms with Crippen LogP contribution in [-0.2, 0) is 0 Å². The van der Waals surface area contributed by atoms with Crippen molar-refractivity contribution in [2.75, 3.05) is 14.1 Å². The van der Waals surface area contributed by atoms with Crippen molar-refractivity contribution in [2.24, 2.45) is 0 Å². The number of ketones is 1. The molecule has 0 atom stereocenters. The first-order chi connectivity index (χ1) is 8.20. The number of carbonyl (C=O) groups excluding carboxylic acids is 1. The van der Waals surface area contributed by atoms with Crippen LogP contribution >= 0.6 is 0 Å². The molecule has 1 aromatic rings. The second-order valence-corrected chi connectivity index (χ2v) is 5.29. The minimum Gasteiger partial charge on any atom is -0.294 e. The Kier molecular flexibility index (Phi) is 4.10. The Bertz CT molecular complexity index is 518. The molecule has 0 aromatic heterocycles. The van der Waals surface area contributed by atoms with Gasteiger partial charge in [-0.25, -0.2) is 4.58 Å². The van der Waals surface area contributed by atoms with Crippen molar-refractivity contribution in [3.63, 3.8) is 0 Å². The monoisotopic (exact) mass is 246 g/mol. The number of rotatable bonds is 2. The third-order valence-corrected chi connectivity index (χ3v) is 4.01. The van der Waals surface area contributed by atoms with Crippen molar-refractivity contribution in [1.29, 1.82) is 0 Å². The van der Waals surface area contributed by atoms with Crippen LogP contribution in [0.15, 0.2) is 0 Å². The first-order valence-electron chi connectivity index (χ1n) is 6.32. The molecule has 0 saturated heterocycles. The molecule has 0 N–H and O–H groups in total. The molecule has 0 saturated carbocycles. The summed E-state index contributed by atoms with van der Waals surface area (Å²) in [6.45, 7) is 12.1. The van der Waals surface area contributed by atoms with Crippen LogP contribution in [0.5, 0.6) is 0 Å². The Balaban J connectivity index is 3.81. The standard InChI is InChI=1S/C16H24NO/c1-9-11(3)16(14(6)18)12(4)10(2)15(9)13(5)17(7)8/h1-8H3/q+1. The molecule has 0 aliphatic rings. The number of hydrogen-bond acceptors (Lipinski definition) is 1. The van der Waals surface area contributed by atoms with Crippen LogP contribution in [0.3, 0.4) is 0 Å². The summed E-state index contributed by atoms with van der Waals surface area (Å²) >= 11 is 0. The first kappa shape index (κ1) is 14.6. The maximum Gasteiger partial charge on any atom is 0.180 e. The molecule has 1 rings (SSSR count). The molecule has 1 aromatic carbocycles. The normalized spacial score (nSPS) is 10.4. The fraction of sp³-hybridized carbons (Fsp3) is 0.500. The second kappa shape index (κ2) is 5.05. The molecule has 0 radical (unpaired) electrons. The highest BCUT2D eigenvalue weighted by atomic mass is 16.1.